The Kier molecular flexibility index (Phi) is 9.52. The average Bonchev–Trinajstić information content (AvgIpc) is 3.05. The van der Waals surface area contributed by atoms with Crippen molar-refractivity contribution in [1.29, 1.82) is 0 Å². The van der Waals surface area contributed by atoms with Crippen molar-refractivity contribution < 1.29 is 4.79 Å². The second kappa shape index (κ2) is 11.1. The van der Waals surface area contributed by atoms with Crippen LogP contribution in [0.15, 0.2) is 42.7 Å². The molecule has 0 bridgehead atoms. The Morgan fingerprint density at radius 1 is 1.16 bits per heavy atom. The Morgan fingerprint density at radius 2 is 1.88 bits per heavy atom. The number of amides is 1. The second-order valence-electron chi connectivity index (χ2n) is 5.75. The highest BCUT2D eigenvalue weighted by Gasteiger charge is 2.13. The van der Waals surface area contributed by atoms with Crippen LogP contribution in [-0.2, 0) is 11.2 Å². The van der Waals surface area contributed by atoms with Gasteiger partial charge in [-0.25, -0.2) is 4.68 Å². The summed E-state index contributed by atoms with van der Waals surface area (Å²) in [5.41, 5.74) is 2.16. The maximum absolute atomic E-state index is 11.9. The van der Waals surface area contributed by atoms with Gasteiger partial charge in [-0.3, -0.25) is 9.69 Å². The fourth-order valence-corrected chi connectivity index (χ4v) is 2.69. The molecule has 0 saturated carbocycles. The number of carbonyl (C=O) groups excluding carboxylic acids is 1. The predicted molar refractivity (Wildman–Crippen MR) is 104 cm³/mol. The number of hydrogen-bond acceptors (Lipinski definition) is 4. The number of carbonyl (C=O) groups is 1. The molecule has 0 radical (unpaired) electrons. The number of piperazine rings is 1. The first-order valence-electron chi connectivity index (χ1n) is 8.10. The lowest BCUT2D eigenvalue weighted by molar-refractivity contribution is -0.122. The van der Waals surface area contributed by atoms with Gasteiger partial charge in [-0.2, -0.15) is 5.10 Å². The van der Waals surface area contributed by atoms with E-state index in [1.165, 1.54) is 0 Å². The van der Waals surface area contributed by atoms with Gasteiger partial charge in [0.05, 0.1) is 18.4 Å². The number of para-hydroxylation sites is 1. The molecule has 2 N–H and O–H groups in total. The minimum atomic E-state index is 0. The Balaban J connectivity index is 0.00000156. The van der Waals surface area contributed by atoms with Crippen molar-refractivity contribution in [2.24, 2.45) is 0 Å². The fraction of sp³-hybridized carbons (Fsp3) is 0.412. The molecule has 6 nitrogen and oxygen atoms in total. The molecule has 0 atom stereocenters. The van der Waals surface area contributed by atoms with E-state index in [9.17, 15) is 4.79 Å². The van der Waals surface area contributed by atoms with Crippen molar-refractivity contribution in [2.45, 2.75) is 6.42 Å². The highest BCUT2D eigenvalue weighted by atomic mass is 35.5. The molecule has 1 aromatic carbocycles. The van der Waals surface area contributed by atoms with E-state index in [2.05, 4.69) is 20.6 Å². The van der Waals surface area contributed by atoms with Crippen LogP contribution in [0.25, 0.3) is 5.69 Å². The molecule has 3 rings (SSSR count). The predicted octanol–water partition coefficient (Wildman–Crippen LogP) is 1.28. The Hall–Kier alpha value is -1.60. The molecule has 0 spiro atoms. The van der Waals surface area contributed by atoms with Crippen LogP contribution < -0.4 is 10.6 Å². The monoisotopic (exact) mass is 385 g/mol. The van der Waals surface area contributed by atoms with Crippen molar-refractivity contribution in [1.82, 2.24) is 25.3 Å². The van der Waals surface area contributed by atoms with E-state index in [0.29, 0.717) is 13.1 Å². The van der Waals surface area contributed by atoms with Crippen LogP contribution in [0.2, 0.25) is 0 Å². The van der Waals surface area contributed by atoms with E-state index in [4.69, 9.17) is 0 Å². The van der Waals surface area contributed by atoms with Gasteiger partial charge >= 0.3 is 0 Å². The number of hydrogen-bond donors (Lipinski definition) is 2. The van der Waals surface area contributed by atoms with Gasteiger partial charge in [0.1, 0.15) is 0 Å². The van der Waals surface area contributed by atoms with Crippen LogP contribution >= 0.6 is 24.8 Å². The van der Waals surface area contributed by atoms with Gasteiger partial charge in [-0.15, -0.1) is 24.8 Å². The SMILES string of the molecule is Cl.Cl.O=C(CN1CCNCC1)NCCc1cnn(-c2ccccc2)c1. The van der Waals surface area contributed by atoms with Gasteiger partial charge < -0.3 is 10.6 Å². The largest absolute Gasteiger partial charge is 0.355 e. The lowest BCUT2D eigenvalue weighted by atomic mass is 10.2. The molecule has 8 heteroatoms. The van der Waals surface area contributed by atoms with Gasteiger partial charge in [0.25, 0.3) is 0 Å². The molecule has 2 heterocycles. The minimum Gasteiger partial charge on any atom is -0.355 e. The maximum Gasteiger partial charge on any atom is 0.234 e. The van der Waals surface area contributed by atoms with Gasteiger partial charge in [0, 0.05) is 38.9 Å². The van der Waals surface area contributed by atoms with E-state index >= 15 is 0 Å². The van der Waals surface area contributed by atoms with E-state index in [0.717, 1.165) is 43.9 Å². The molecule has 1 amide bonds. The summed E-state index contributed by atoms with van der Waals surface area (Å²) in [5, 5.41) is 10.6. The summed E-state index contributed by atoms with van der Waals surface area (Å²) in [7, 11) is 0. The van der Waals surface area contributed by atoms with E-state index in [1.807, 2.05) is 47.4 Å². The van der Waals surface area contributed by atoms with Crippen LogP contribution in [0.1, 0.15) is 5.56 Å². The van der Waals surface area contributed by atoms with Gasteiger partial charge in [0.15, 0.2) is 0 Å². The molecule has 138 valence electrons. The number of nitrogens with one attached hydrogen (secondary N) is 2. The lowest BCUT2D eigenvalue weighted by Gasteiger charge is -2.26. The quantitative estimate of drug-likeness (QED) is 0.785. The number of benzene rings is 1. The standard InChI is InChI=1S/C17H23N5O.2ClH/c23-17(14-21-10-8-18-9-11-21)19-7-6-15-12-20-22(13-15)16-4-2-1-3-5-16;;/h1-5,12-13,18H,6-11,14H2,(H,19,23);2*1H. The summed E-state index contributed by atoms with van der Waals surface area (Å²) >= 11 is 0. The van der Waals surface area contributed by atoms with Crippen molar-refractivity contribution in [3.63, 3.8) is 0 Å². The van der Waals surface area contributed by atoms with Gasteiger partial charge in [-0.05, 0) is 24.1 Å². The molecule has 25 heavy (non-hydrogen) atoms. The first kappa shape index (κ1) is 21.4. The molecule has 1 aliphatic heterocycles. The highest BCUT2D eigenvalue weighted by Crippen LogP contribution is 2.07. The molecule has 2 aromatic rings. The third-order valence-electron chi connectivity index (χ3n) is 3.97. The summed E-state index contributed by atoms with van der Waals surface area (Å²) < 4.78 is 1.86. The van der Waals surface area contributed by atoms with Crippen molar-refractivity contribution in [3.05, 3.63) is 48.3 Å². The first-order valence-corrected chi connectivity index (χ1v) is 8.10. The lowest BCUT2D eigenvalue weighted by Crippen LogP contribution is -2.47. The molecule has 1 saturated heterocycles. The van der Waals surface area contributed by atoms with Crippen molar-refractivity contribution >= 4 is 30.7 Å². The van der Waals surface area contributed by atoms with Crippen molar-refractivity contribution in [3.8, 4) is 5.69 Å². The van der Waals surface area contributed by atoms with Gasteiger partial charge in [0.2, 0.25) is 5.91 Å². The number of halogens is 2. The number of nitrogens with zero attached hydrogens (tertiary/aromatic N) is 3. The summed E-state index contributed by atoms with van der Waals surface area (Å²) in [6, 6.07) is 10.0. The van der Waals surface area contributed by atoms with Crippen LogP contribution in [-0.4, -0.2) is 59.9 Å². The molecule has 1 aromatic heterocycles. The smallest absolute Gasteiger partial charge is 0.234 e. The average molecular weight is 386 g/mol. The third-order valence-corrected chi connectivity index (χ3v) is 3.97. The number of rotatable bonds is 6. The van der Waals surface area contributed by atoms with E-state index < -0.39 is 0 Å². The Bertz CT molecular complexity index is 629. The summed E-state index contributed by atoms with van der Waals surface area (Å²) in [4.78, 5) is 14.1. The normalized spacial score (nSPS) is 14.2. The summed E-state index contributed by atoms with van der Waals surface area (Å²) in [5.74, 6) is 0.0994. The molecule has 1 aliphatic rings. The zero-order chi connectivity index (χ0) is 15.9. The van der Waals surface area contributed by atoms with E-state index in [-0.39, 0.29) is 30.7 Å². The fourth-order valence-electron chi connectivity index (χ4n) is 2.69. The Labute approximate surface area is 160 Å². The zero-order valence-electron chi connectivity index (χ0n) is 14.1. The van der Waals surface area contributed by atoms with Crippen LogP contribution in [0.4, 0.5) is 0 Å². The molecular formula is C17H25Cl2N5O. The molecule has 0 aliphatic carbocycles. The second-order valence-corrected chi connectivity index (χ2v) is 5.75. The summed E-state index contributed by atoms with van der Waals surface area (Å²) in [6.45, 7) is 4.95. The molecule has 1 fully saturated rings. The minimum absolute atomic E-state index is 0. The van der Waals surface area contributed by atoms with Crippen LogP contribution in [0, 0.1) is 0 Å². The maximum atomic E-state index is 11.9. The van der Waals surface area contributed by atoms with Gasteiger partial charge in [-0.1, -0.05) is 18.2 Å². The van der Waals surface area contributed by atoms with E-state index in [1.54, 1.807) is 0 Å². The Morgan fingerprint density at radius 3 is 2.60 bits per heavy atom. The van der Waals surface area contributed by atoms with Crippen LogP contribution in [0.5, 0.6) is 0 Å². The first-order chi connectivity index (χ1) is 11.3. The highest BCUT2D eigenvalue weighted by molar-refractivity contribution is 5.85. The van der Waals surface area contributed by atoms with Crippen LogP contribution in [0.3, 0.4) is 0 Å². The molecule has 0 unspecified atom stereocenters. The molecular weight excluding hydrogens is 361 g/mol. The summed E-state index contributed by atoms with van der Waals surface area (Å²) in [6.07, 6.45) is 4.66. The topological polar surface area (TPSA) is 62.2 Å². The van der Waals surface area contributed by atoms with Crippen molar-refractivity contribution in [2.75, 3.05) is 39.3 Å². The number of aromatic nitrogens is 2. The third kappa shape index (κ3) is 6.66. The zero-order valence-corrected chi connectivity index (χ0v) is 15.7.